The van der Waals surface area contributed by atoms with Crippen LogP contribution in [0.2, 0.25) is 0 Å². The van der Waals surface area contributed by atoms with E-state index in [1.165, 1.54) is 6.42 Å². The van der Waals surface area contributed by atoms with Crippen molar-refractivity contribution in [3.63, 3.8) is 0 Å². The van der Waals surface area contributed by atoms with E-state index in [1.54, 1.807) is 0 Å². The zero-order valence-corrected chi connectivity index (χ0v) is 12.6. The van der Waals surface area contributed by atoms with Gasteiger partial charge in [0.1, 0.15) is 0 Å². The number of carbonyl (C=O) groups is 2. The average molecular weight is 281 g/mol. The Hall–Kier alpha value is -1.10. The van der Waals surface area contributed by atoms with Gasteiger partial charge in [0.25, 0.3) is 0 Å². The third kappa shape index (κ3) is 4.20. The van der Waals surface area contributed by atoms with E-state index in [4.69, 9.17) is 0 Å². The minimum atomic E-state index is 0.0910. The molecule has 0 unspecified atom stereocenters. The normalized spacial score (nSPS) is 21.8. The molecule has 0 saturated carbocycles. The number of nitrogens with one attached hydrogen (secondary N) is 1. The van der Waals surface area contributed by atoms with Crippen LogP contribution >= 0.6 is 0 Å². The quantitative estimate of drug-likeness (QED) is 0.831. The van der Waals surface area contributed by atoms with E-state index >= 15 is 0 Å². The Kier molecular flexibility index (Phi) is 5.83. The van der Waals surface area contributed by atoms with Gasteiger partial charge in [-0.2, -0.15) is 0 Å². The molecular formula is C15H27N3O2. The maximum absolute atomic E-state index is 12.4. The van der Waals surface area contributed by atoms with Crippen LogP contribution in [-0.4, -0.2) is 60.9 Å². The molecule has 1 N–H and O–H groups in total. The summed E-state index contributed by atoms with van der Waals surface area (Å²) in [6.07, 6.45) is 5.36. The van der Waals surface area contributed by atoms with Gasteiger partial charge < -0.3 is 10.2 Å². The summed E-state index contributed by atoms with van der Waals surface area (Å²) in [6.45, 7) is 6.70. The van der Waals surface area contributed by atoms with Crippen molar-refractivity contribution in [3.05, 3.63) is 0 Å². The highest BCUT2D eigenvalue weighted by molar-refractivity contribution is 5.79. The molecule has 20 heavy (non-hydrogen) atoms. The van der Waals surface area contributed by atoms with E-state index in [9.17, 15) is 9.59 Å². The number of piperidine rings is 2. The monoisotopic (exact) mass is 281 g/mol. The molecule has 2 amide bonds. The van der Waals surface area contributed by atoms with E-state index < -0.39 is 0 Å². The summed E-state index contributed by atoms with van der Waals surface area (Å²) < 4.78 is 0. The first-order valence-corrected chi connectivity index (χ1v) is 7.98. The number of likely N-dealkylation sites (tertiary alicyclic amines) is 2. The van der Waals surface area contributed by atoms with Crippen molar-refractivity contribution in [1.29, 1.82) is 0 Å². The minimum Gasteiger partial charge on any atom is -0.355 e. The molecule has 5 nitrogen and oxygen atoms in total. The van der Waals surface area contributed by atoms with Crippen molar-refractivity contribution in [3.8, 4) is 0 Å². The topological polar surface area (TPSA) is 52.7 Å². The number of hydrogen-bond donors (Lipinski definition) is 1. The fraction of sp³-hybridized carbons (Fsp3) is 0.867. The fourth-order valence-electron chi connectivity index (χ4n) is 3.17. The predicted octanol–water partition coefficient (Wildman–Crippen LogP) is 0.847. The van der Waals surface area contributed by atoms with E-state index in [1.807, 2.05) is 11.8 Å². The van der Waals surface area contributed by atoms with Crippen LogP contribution in [-0.2, 0) is 9.59 Å². The van der Waals surface area contributed by atoms with Gasteiger partial charge in [0.15, 0.2) is 0 Å². The smallest absolute Gasteiger partial charge is 0.234 e. The lowest BCUT2D eigenvalue weighted by Gasteiger charge is -2.35. The lowest BCUT2D eigenvalue weighted by Crippen LogP contribution is -2.46. The van der Waals surface area contributed by atoms with Gasteiger partial charge in [0.2, 0.25) is 11.8 Å². The fourth-order valence-corrected chi connectivity index (χ4v) is 3.17. The SMILES string of the molecule is CCNC(=O)CN1CCC(C(=O)N2CCCCC2)CC1. The van der Waals surface area contributed by atoms with Crippen molar-refractivity contribution in [2.75, 3.05) is 39.3 Å². The molecule has 0 aliphatic carbocycles. The molecule has 5 heteroatoms. The molecule has 0 aromatic carbocycles. The molecular weight excluding hydrogens is 254 g/mol. The molecule has 2 fully saturated rings. The van der Waals surface area contributed by atoms with Crippen LogP contribution in [0, 0.1) is 5.92 Å². The highest BCUT2D eigenvalue weighted by Crippen LogP contribution is 2.21. The van der Waals surface area contributed by atoms with Crippen LogP contribution in [0.3, 0.4) is 0 Å². The number of amides is 2. The molecule has 0 atom stereocenters. The predicted molar refractivity (Wildman–Crippen MR) is 78.3 cm³/mol. The lowest BCUT2D eigenvalue weighted by molar-refractivity contribution is -0.138. The van der Waals surface area contributed by atoms with Crippen molar-refractivity contribution < 1.29 is 9.59 Å². The maximum atomic E-state index is 12.4. The summed E-state index contributed by atoms with van der Waals surface area (Å²) in [7, 11) is 0. The van der Waals surface area contributed by atoms with Crippen LogP contribution < -0.4 is 5.32 Å². The molecule has 2 saturated heterocycles. The molecule has 2 aliphatic heterocycles. The maximum Gasteiger partial charge on any atom is 0.234 e. The van der Waals surface area contributed by atoms with E-state index in [0.29, 0.717) is 19.0 Å². The summed E-state index contributed by atoms with van der Waals surface area (Å²) >= 11 is 0. The standard InChI is InChI=1S/C15H27N3O2/c1-2-16-14(19)12-17-10-6-13(7-11-17)15(20)18-8-4-3-5-9-18/h13H,2-12H2,1H3,(H,16,19). The molecule has 0 bridgehead atoms. The average Bonchev–Trinajstić information content (AvgIpc) is 2.48. The van der Waals surface area contributed by atoms with E-state index in [-0.39, 0.29) is 11.8 Å². The van der Waals surface area contributed by atoms with Gasteiger partial charge in [-0.15, -0.1) is 0 Å². The third-order valence-electron chi connectivity index (χ3n) is 4.35. The van der Waals surface area contributed by atoms with Crippen molar-refractivity contribution >= 4 is 11.8 Å². The second-order valence-electron chi connectivity index (χ2n) is 5.89. The summed E-state index contributed by atoms with van der Waals surface area (Å²) in [4.78, 5) is 28.2. The molecule has 0 radical (unpaired) electrons. The van der Waals surface area contributed by atoms with E-state index in [0.717, 1.165) is 51.9 Å². The van der Waals surface area contributed by atoms with Gasteiger partial charge in [-0.3, -0.25) is 14.5 Å². The Balaban J connectivity index is 1.73. The number of likely N-dealkylation sites (N-methyl/N-ethyl adjacent to an activating group) is 1. The van der Waals surface area contributed by atoms with Gasteiger partial charge in [-0.25, -0.2) is 0 Å². The Morgan fingerprint density at radius 3 is 2.30 bits per heavy atom. The number of rotatable bonds is 4. The molecule has 2 heterocycles. The third-order valence-corrected chi connectivity index (χ3v) is 4.35. The van der Waals surface area contributed by atoms with Gasteiger partial charge >= 0.3 is 0 Å². The second-order valence-corrected chi connectivity index (χ2v) is 5.89. The molecule has 2 rings (SSSR count). The first-order chi connectivity index (χ1) is 9.70. The summed E-state index contributed by atoms with van der Waals surface area (Å²) in [5.41, 5.74) is 0. The minimum absolute atomic E-state index is 0.0910. The van der Waals surface area contributed by atoms with Crippen LogP contribution in [0.5, 0.6) is 0 Å². The summed E-state index contributed by atoms with van der Waals surface area (Å²) in [6, 6.07) is 0. The zero-order chi connectivity index (χ0) is 14.4. The van der Waals surface area contributed by atoms with Gasteiger partial charge in [0, 0.05) is 25.6 Å². The second kappa shape index (κ2) is 7.62. The highest BCUT2D eigenvalue weighted by Gasteiger charge is 2.29. The lowest BCUT2D eigenvalue weighted by atomic mass is 9.94. The van der Waals surface area contributed by atoms with Crippen molar-refractivity contribution in [2.45, 2.75) is 39.0 Å². The molecule has 2 aliphatic rings. The van der Waals surface area contributed by atoms with Crippen LogP contribution in [0.15, 0.2) is 0 Å². The first kappa shape index (κ1) is 15.3. The number of nitrogens with zero attached hydrogens (tertiary/aromatic N) is 2. The first-order valence-electron chi connectivity index (χ1n) is 7.98. The van der Waals surface area contributed by atoms with Crippen LogP contribution in [0.4, 0.5) is 0 Å². The Labute approximate surface area is 121 Å². The zero-order valence-electron chi connectivity index (χ0n) is 12.6. The van der Waals surface area contributed by atoms with E-state index in [2.05, 4.69) is 10.2 Å². The Bertz CT molecular complexity index is 332. The van der Waals surface area contributed by atoms with Crippen LogP contribution in [0.25, 0.3) is 0 Å². The number of hydrogen-bond acceptors (Lipinski definition) is 3. The summed E-state index contributed by atoms with van der Waals surface area (Å²) in [5, 5.41) is 2.82. The molecule has 0 aromatic heterocycles. The highest BCUT2D eigenvalue weighted by atomic mass is 16.2. The van der Waals surface area contributed by atoms with Crippen LogP contribution in [0.1, 0.15) is 39.0 Å². The van der Waals surface area contributed by atoms with Crippen molar-refractivity contribution in [2.24, 2.45) is 5.92 Å². The van der Waals surface area contributed by atoms with Gasteiger partial charge in [-0.1, -0.05) is 0 Å². The molecule has 0 spiro atoms. The molecule has 114 valence electrons. The van der Waals surface area contributed by atoms with Gasteiger partial charge in [0.05, 0.1) is 6.54 Å². The summed E-state index contributed by atoms with van der Waals surface area (Å²) in [5.74, 6) is 0.620. The van der Waals surface area contributed by atoms with Crippen molar-refractivity contribution in [1.82, 2.24) is 15.1 Å². The van der Waals surface area contributed by atoms with Gasteiger partial charge in [-0.05, 0) is 52.1 Å². The molecule has 0 aromatic rings. The Morgan fingerprint density at radius 1 is 1.05 bits per heavy atom. The Morgan fingerprint density at radius 2 is 1.70 bits per heavy atom. The largest absolute Gasteiger partial charge is 0.355 e. The number of carbonyl (C=O) groups excluding carboxylic acids is 2.